The number of nitrogens with two attached hydrogens (primary N) is 1. The molecule has 13 heavy (non-hydrogen) atoms. The van der Waals surface area contributed by atoms with Crippen molar-refractivity contribution in [2.24, 2.45) is 0 Å². The lowest BCUT2D eigenvalue weighted by Crippen LogP contribution is -1.85. The Morgan fingerprint density at radius 2 is 2.23 bits per heavy atom. The number of nitrogens with zero attached hydrogens (tertiary/aromatic N) is 1. The summed E-state index contributed by atoms with van der Waals surface area (Å²) in [5.74, 6) is 0. The van der Waals surface area contributed by atoms with E-state index in [1.54, 1.807) is 23.1 Å². The average Bonchev–Trinajstić information content (AvgIpc) is 2.43. The Kier molecular flexibility index (Phi) is 2.17. The van der Waals surface area contributed by atoms with Crippen molar-refractivity contribution in [2.75, 3.05) is 12.0 Å². The quantitative estimate of drug-likeness (QED) is 0.581. The van der Waals surface area contributed by atoms with Crippen LogP contribution in [0.5, 0.6) is 0 Å². The maximum absolute atomic E-state index is 5.78. The van der Waals surface area contributed by atoms with Gasteiger partial charge in [0.1, 0.15) is 0 Å². The predicted molar refractivity (Wildman–Crippen MR) is 60.6 cm³/mol. The molecule has 1 aromatic carbocycles. The maximum atomic E-state index is 5.78. The largest absolute Gasteiger partial charge is 0.399 e. The van der Waals surface area contributed by atoms with E-state index in [0.29, 0.717) is 0 Å². The highest BCUT2D eigenvalue weighted by Gasteiger charge is 2.06. The van der Waals surface area contributed by atoms with Gasteiger partial charge in [-0.1, -0.05) is 0 Å². The molecule has 0 fully saturated rings. The topological polar surface area (TPSA) is 38.9 Å². The van der Waals surface area contributed by atoms with Crippen LogP contribution in [0.15, 0.2) is 17.0 Å². The van der Waals surface area contributed by atoms with Gasteiger partial charge in [0, 0.05) is 10.6 Å². The van der Waals surface area contributed by atoms with Crippen LogP contribution in [0, 0.1) is 6.92 Å². The minimum Gasteiger partial charge on any atom is -0.399 e. The van der Waals surface area contributed by atoms with E-state index in [2.05, 4.69) is 4.98 Å². The number of hydrogen-bond acceptors (Lipinski definition) is 4. The van der Waals surface area contributed by atoms with Gasteiger partial charge in [0.15, 0.2) is 0 Å². The summed E-state index contributed by atoms with van der Waals surface area (Å²) in [7, 11) is 0. The Hall–Kier alpha value is -0.740. The summed E-state index contributed by atoms with van der Waals surface area (Å²) in [6, 6.07) is 3.96. The van der Waals surface area contributed by atoms with Crippen LogP contribution in [0.3, 0.4) is 0 Å². The van der Waals surface area contributed by atoms with Crippen molar-refractivity contribution in [3.8, 4) is 0 Å². The van der Waals surface area contributed by atoms with Crippen molar-refractivity contribution in [2.45, 2.75) is 11.8 Å². The second-order valence-electron chi connectivity index (χ2n) is 2.80. The molecule has 0 atom stereocenters. The number of benzene rings is 1. The molecule has 1 heterocycles. The number of anilines is 1. The number of fused-ring (bicyclic) bond motifs is 1. The molecule has 0 saturated heterocycles. The van der Waals surface area contributed by atoms with Crippen molar-refractivity contribution in [3.63, 3.8) is 0 Å². The lowest BCUT2D eigenvalue weighted by molar-refractivity contribution is 1.31. The third-order valence-corrected chi connectivity index (χ3v) is 3.48. The van der Waals surface area contributed by atoms with Crippen LogP contribution in [0.25, 0.3) is 10.2 Å². The van der Waals surface area contributed by atoms with Crippen LogP contribution >= 0.6 is 23.1 Å². The Morgan fingerprint density at radius 1 is 1.46 bits per heavy atom. The molecule has 0 radical (unpaired) electrons. The van der Waals surface area contributed by atoms with Gasteiger partial charge in [-0.25, -0.2) is 4.98 Å². The van der Waals surface area contributed by atoms with E-state index in [1.165, 1.54) is 9.60 Å². The molecule has 0 saturated carbocycles. The van der Waals surface area contributed by atoms with E-state index in [4.69, 9.17) is 5.73 Å². The smallest absolute Gasteiger partial charge is 0.0952 e. The van der Waals surface area contributed by atoms with Gasteiger partial charge < -0.3 is 5.73 Å². The normalized spacial score (nSPS) is 10.9. The Labute approximate surface area is 85.2 Å². The van der Waals surface area contributed by atoms with Crippen LogP contribution in [-0.2, 0) is 0 Å². The standard InChI is InChI=1S/C9H10N2S2/c1-5-11-9-7(12-2)3-6(10)4-8(9)13-5/h3-4H,10H2,1-2H3. The summed E-state index contributed by atoms with van der Waals surface area (Å²) in [6.07, 6.45) is 2.04. The molecule has 0 bridgehead atoms. The lowest BCUT2D eigenvalue weighted by Gasteiger charge is -1.99. The Morgan fingerprint density at radius 3 is 2.92 bits per heavy atom. The molecule has 2 aromatic rings. The molecule has 0 unspecified atom stereocenters. The van der Waals surface area contributed by atoms with E-state index in [9.17, 15) is 0 Å². The summed E-state index contributed by atoms with van der Waals surface area (Å²) in [6.45, 7) is 2.02. The van der Waals surface area contributed by atoms with Gasteiger partial charge >= 0.3 is 0 Å². The lowest BCUT2D eigenvalue weighted by atomic mass is 10.3. The highest BCUT2D eigenvalue weighted by Crippen LogP contribution is 2.31. The van der Waals surface area contributed by atoms with Crippen LogP contribution in [-0.4, -0.2) is 11.2 Å². The zero-order chi connectivity index (χ0) is 9.42. The first-order valence-electron chi connectivity index (χ1n) is 3.91. The summed E-state index contributed by atoms with van der Waals surface area (Å²) in [5.41, 5.74) is 7.68. The molecule has 68 valence electrons. The van der Waals surface area contributed by atoms with Gasteiger partial charge in [-0.2, -0.15) is 0 Å². The van der Waals surface area contributed by atoms with Gasteiger partial charge in [-0.3, -0.25) is 0 Å². The molecule has 0 amide bonds. The van der Waals surface area contributed by atoms with Crippen LogP contribution in [0.4, 0.5) is 5.69 Å². The first-order chi connectivity index (χ1) is 6.20. The van der Waals surface area contributed by atoms with Crippen LogP contribution in [0.1, 0.15) is 5.01 Å². The van der Waals surface area contributed by atoms with E-state index in [1.807, 2.05) is 25.3 Å². The molecule has 4 heteroatoms. The molecular weight excluding hydrogens is 200 g/mol. The van der Waals surface area contributed by atoms with E-state index in [-0.39, 0.29) is 0 Å². The number of rotatable bonds is 1. The summed E-state index contributed by atoms with van der Waals surface area (Å²) < 4.78 is 1.18. The highest BCUT2D eigenvalue weighted by atomic mass is 32.2. The molecule has 2 nitrogen and oxygen atoms in total. The molecular formula is C9H10N2S2. The summed E-state index contributed by atoms with van der Waals surface area (Å²) >= 11 is 3.38. The minimum absolute atomic E-state index is 0.820. The number of thiazole rings is 1. The van der Waals surface area contributed by atoms with Gasteiger partial charge in [-0.05, 0) is 25.3 Å². The SMILES string of the molecule is CSc1cc(N)cc2sc(C)nc12. The summed E-state index contributed by atoms with van der Waals surface area (Å²) in [4.78, 5) is 5.63. The fourth-order valence-corrected chi connectivity index (χ4v) is 2.86. The Bertz CT molecular complexity index is 448. The fourth-order valence-electron chi connectivity index (χ4n) is 1.29. The van der Waals surface area contributed by atoms with Crippen molar-refractivity contribution < 1.29 is 0 Å². The van der Waals surface area contributed by atoms with Crippen molar-refractivity contribution >= 4 is 39.0 Å². The van der Waals surface area contributed by atoms with Crippen molar-refractivity contribution in [1.82, 2.24) is 4.98 Å². The average molecular weight is 210 g/mol. The first kappa shape index (κ1) is 8.84. The first-order valence-corrected chi connectivity index (χ1v) is 5.95. The number of aromatic nitrogens is 1. The van der Waals surface area contributed by atoms with Crippen LogP contribution < -0.4 is 5.73 Å². The molecule has 1 aromatic heterocycles. The number of hydrogen-bond donors (Lipinski definition) is 1. The molecule has 0 aliphatic rings. The molecule has 0 aliphatic heterocycles. The van der Waals surface area contributed by atoms with Crippen LogP contribution in [0.2, 0.25) is 0 Å². The summed E-state index contributed by atoms with van der Waals surface area (Å²) in [5, 5.41) is 1.09. The van der Waals surface area contributed by atoms with Crippen molar-refractivity contribution in [1.29, 1.82) is 0 Å². The fraction of sp³-hybridized carbons (Fsp3) is 0.222. The third kappa shape index (κ3) is 1.51. The predicted octanol–water partition coefficient (Wildman–Crippen LogP) is 2.91. The Balaban J connectivity index is 2.80. The van der Waals surface area contributed by atoms with Gasteiger partial charge in [0.05, 0.1) is 15.2 Å². The second kappa shape index (κ2) is 3.20. The molecule has 2 rings (SSSR count). The molecule has 0 spiro atoms. The van der Waals surface area contributed by atoms with E-state index in [0.717, 1.165) is 16.2 Å². The zero-order valence-corrected chi connectivity index (χ0v) is 9.13. The van der Waals surface area contributed by atoms with E-state index < -0.39 is 0 Å². The highest BCUT2D eigenvalue weighted by molar-refractivity contribution is 7.98. The zero-order valence-electron chi connectivity index (χ0n) is 7.50. The van der Waals surface area contributed by atoms with Gasteiger partial charge in [0.25, 0.3) is 0 Å². The number of thioether (sulfide) groups is 1. The number of nitrogen functional groups attached to an aromatic ring is 1. The number of aryl methyl sites for hydroxylation is 1. The van der Waals surface area contributed by atoms with Crippen molar-refractivity contribution in [3.05, 3.63) is 17.1 Å². The van der Waals surface area contributed by atoms with E-state index >= 15 is 0 Å². The molecule has 2 N–H and O–H groups in total. The third-order valence-electron chi connectivity index (χ3n) is 1.81. The second-order valence-corrected chi connectivity index (χ2v) is 4.89. The van der Waals surface area contributed by atoms with Gasteiger partial charge in [0.2, 0.25) is 0 Å². The molecule has 0 aliphatic carbocycles. The van der Waals surface area contributed by atoms with Gasteiger partial charge in [-0.15, -0.1) is 23.1 Å². The monoisotopic (exact) mass is 210 g/mol. The maximum Gasteiger partial charge on any atom is 0.0952 e. The minimum atomic E-state index is 0.820.